The van der Waals surface area contributed by atoms with Crippen LogP contribution in [0.25, 0.3) is 0 Å². The van der Waals surface area contributed by atoms with Gasteiger partial charge in [-0.15, -0.1) is 0 Å². The molecule has 0 aliphatic rings. The number of rotatable bonds is 7. The lowest BCUT2D eigenvalue weighted by molar-refractivity contribution is -0.148. The molecule has 0 heterocycles. The van der Waals surface area contributed by atoms with Crippen molar-refractivity contribution in [3.05, 3.63) is 84.4 Å². The Morgan fingerprint density at radius 3 is 2.06 bits per heavy atom. The lowest BCUT2D eigenvalue weighted by Crippen LogP contribution is -2.39. The van der Waals surface area contributed by atoms with E-state index in [4.69, 9.17) is 10.00 Å². The minimum Gasteiger partial charge on any atom is -0.457 e. The van der Waals surface area contributed by atoms with Gasteiger partial charge in [-0.05, 0) is 60.7 Å². The second-order valence-electron chi connectivity index (χ2n) is 6.62. The summed E-state index contributed by atoms with van der Waals surface area (Å²) in [4.78, 5) is 12.1. The first-order valence-electron chi connectivity index (χ1n) is 9.30. The Bertz CT molecular complexity index is 1040. The molecule has 0 spiro atoms. The highest BCUT2D eigenvalue weighted by Crippen LogP contribution is 2.28. The molecule has 0 saturated carbocycles. The summed E-state index contributed by atoms with van der Waals surface area (Å²) in [5.41, 5.74) is 0.897. The van der Waals surface area contributed by atoms with Crippen molar-refractivity contribution in [1.82, 2.24) is 0 Å². The van der Waals surface area contributed by atoms with E-state index >= 15 is 0 Å². The van der Waals surface area contributed by atoms with E-state index in [0.717, 1.165) is 0 Å². The summed E-state index contributed by atoms with van der Waals surface area (Å²) in [5, 5.41) is 13.5. The molecule has 0 unspecified atom stereocenters. The Kier molecular flexibility index (Phi) is 6.78. The third kappa shape index (κ3) is 6.51. The highest BCUT2D eigenvalue weighted by molar-refractivity contribution is 5.91. The summed E-state index contributed by atoms with van der Waals surface area (Å²) in [6.45, 7) is 0. The number of anilines is 2. The third-order valence-electron chi connectivity index (χ3n) is 4.26. The molecule has 5 nitrogen and oxygen atoms in total. The van der Waals surface area contributed by atoms with Crippen LogP contribution in [0.1, 0.15) is 12.0 Å². The maximum absolute atomic E-state index is 13.5. The number of carbonyl (C=O) groups is 1. The second kappa shape index (κ2) is 9.67. The van der Waals surface area contributed by atoms with Crippen molar-refractivity contribution >= 4 is 17.3 Å². The maximum atomic E-state index is 13.5. The first-order valence-corrected chi connectivity index (χ1v) is 9.30. The zero-order valence-corrected chi connectivity index (χ0v) is 16.2. The maximum Gasteiger partial charge on any atom is 0.409 e. The van der Waals surface area contributed by atoms with Crippen molar-refractivity contribution in [2.24, 2.45) is 0 Å². The van der Waals surface area contributed by atoms with Gasteiger partial charge >= 0.3 is 6.18 Å². The average molecular weight is 425 g/mol. The summed E-state index contributed by atoms with van der Waals surface area (Å²) >= 11 is 0. The molecule has 0 radical (unpaired) electrons. The van der Waals surface area contributed by atoms with Crippen LogP contribution in [0.15, 0.2) is 78.9 Å². The summed E-state index contributed by atoms with van der Waals surface area (Å²) < 4.78 is 46.0. The smallest absolute Gasteiger partial charge is 0.409 e. The fraction of sp³-hybridized carbons (Fsp3) is 0.130. The van der Waals surface area contributed by atoms with Crippen LogP contribution in [0.4, 0.5) is 24.5 Å². The number of nitrogens with one attached hydrogen (secondary N) is 2. The molecule has 31 heavy (non-hydrogen) atoms. The average Bonchev–Trinajstić information content (AvgIpc) is 2.75. The number of carbonyl (C=O) groups excluding carboxylic acids is 1. The molecule has 0 saturated heterocycles. The topological polar surface area (TPSA) is 74.2 Å². The van der Waals surface area contributed by atoms with Crippen LogP contribution in [-0.2, 0) is 4.79 Å². The normalized spacial score (nSPS) is 11.8. The quantitative estimate of drug-likeness (QED) is 0.508. The molecule has 1 amide bonds. The Morgan fingerprint density at radius 1 is 0.903 bits per heavy atom. The number of amides is 1. The van der Waals surface area contributed by atoms with Crippen molar-refractivity contribution in [2.75, 3.05) is 10.6 Å². The summed E-state index contributed by atoms with van der Waals surface area (Å²) in [6.07, 6.45) is -5.45. The van der Waals surface area contributed by atoms with Crippen molar-refractivity contribution in [3.8, 4) is 17.6 Å². The van der Waals surface area contributed by atoms with Crippen LogP contribution in [0.5, 0.6) is 11.5 Å². The first kappa shape index (κ1) is 21.7. The van der Waals surface area contributed by atoms with Gasteiger partial charge in [0, 0.05) is 11.4 Å². The Balaban J connectivity index is 1.62. The number of benzene rings is 3. The predicted octanol–water partition coefficient (Wildman–Crippen LogP) is 5.72. The van der Waals surface area contributed by atoms with E-state index in [0.29, 0.717) is 22.7 Å². The Hall–Kier alpha value is -3.99. The fourth-order valence-corrected chi connectivity index (χ4v) is 2.72. The van der Waals surface area contributed by atoms with Gasteiger partial charge in [0.25, 0.3) is 0 Å². The SMILES string of the molecule is N#Cc1ccc(NC(=O)C[C@H](Nc2ccc(Oc3ccccc3)cc2)C(F)(F)F)cc1. The van der Waals surface area contributed by atoms with Crippen molar-refractivity contribution in [2.45, 2.75) is 18.6 Å². The van der Waals surface area contributed by atoms with Crippen LogP contribution < -0.4 is 15.4 Å². The molecule has 158 valence electrons. The van der Waals surface area contributed by atoms with E-state index in [9.17, 15) is 18.0 Å². The van der Waals surface area contributed by atoms with Crippen molar-refractivity contribution in [3.63, 3.8) is 0 Å². The number of nitrogens with zero attached hydrogens (tertiary/aromatic N) is 1. The standard InChI is InChI=1S/C23H18F3N3O2/c24-23(25,26)21(14-22(30)29-18-8-6-16(15-27)7-9-18)28-17-10-12-20(13-11-17)31-19-4-2-1-3-5-19/h1-13,21,28H,14H2,(H,29,30)/t21-/m0/s1. The number of alkyl halides is 3. The van der Waals surface area contributed by atoms with Crippen LogP contribution in [0.3, 0.4) is 0 Å². The zero-order valence-electron chi connectivity index (χ0n) is 16.2. The third-order valence-corrected chi connectivity index (χ3v) is 4.26. The van der Waals surface area contributed by atoms with Crippen LogP contribution in [0.2, 0.25) is 0 Å². The van der Waals surface area contributed by atoms with Gasteiger partial charge in [-0.3, -0.25) is 4.79 Å². The Morgan fingerprint density at radius 2 is 1.48 bits per heavy atom. The van der Waals surface area contributed by atoms with Gasteiger partial charge in [-0.2, -0.15) is 18.4 Å². The molecule has 0 bridgehead atoms. The molecule has 3 rings (SSSR count). The molecule has 3 aromatic carbocycles. The van der Waals surface area contributed by atoms with E-state index in [1.165, 1.54) is 36.4 Å². The van der Waals surface area contributed by atoms with E-state index in [-0.39, 0.29) is 5.69 Å². The molecule has 0 aromatic heterocycles. The predicted molar refractivity (Wildman–Crippen MR) is 111 cm³/mol. The highest BCUT2D eigenvalue weighted by Gasteiger charge is 2.41. The number of ether oxygens (including phenoxy) is 1. The van der Waals surface area contributed by atoms with E-state index in [2.05, 4.69) is 10.6 Å². The molecule has 1 atom stereocenters. The van der Waals surface area contributed by atoms with Gasteiger partial charge in [0.05, 0.1) is 18.1 Å². The summed E-state index contributed by atoms with van der Waals surface area (Å²) in [5.74, 6) is 0.276. The van der Waals surface area contributed by atoms with Gasteiger partial charge in [-0.1, -0.05) is 18.2 Å². The van der Waals surface area contributed by atoms with Crippen LogP contribution >= 0.6 is 0 Å². The number of para-hydroxylation sites is 1. The lowest BCUT2D eigenvalue weighted by Gasteiger charge is -2.22. The molecule has 0 fully saturated rings. The first-order chi connectivity index (χ1) is 14.8. The van der Waals surface area contributed by atoms with Gasteiger partial charge in [0.1, 0.15) is 17.5 Å². The number of hydrogen-bond donors (Lipinski definition) is 2. The van der Waals surface area contributed by atoms with Gasteiger partial charge in [0.15, 0.2) is 0 Å². The van der Waals surface area contributed by atoms with Gasteiger partial charge in [0.2, 0.25) is 5.91 Å². The monoisotopic (exact) mass is 425 g/mol. The molecule has 0 aliphatic heterocycles. The van der Waals surface area contributed by atoms with Crippen molar-refractivity contribution < 1.29 is 22.7 Å². The van der Waals surface area contributed by atoms with Gasteiger partial charge < -0.3 is 15.4 Å². The largest absolute Gasteiger partial charge is 0.457 e. The Labute approximate surface area is 177 Å². The summed E-state index contributed by atoms with van der Waals surface area (Å²) in [7, 11) is 0. The molecule has 3 aromatic rings. The molecular formula is C23H18F3N3O2. The zero-order chi connectivity index (χ0) is 22.3. The molecule has 2 N–H and O–H groups in total. The van der Waals surface area contributed by atoms with Crippen LogP contribution in [-0.4, -0.2) is 18.1 Å². The lowest BCUT2D eigenvalue weighted by atomic mass is 10.1. The minimum absolute atomic E-state index is 0.203. The molecular weight excluding hydrogens is 407 g/mol. The second-order valence-corrected chi connectivity index (χ2v) is 6.62. The van der Waals surface area contributed by atoms with E-state index in [1.807, 2.05) is 24.3 Å². The molecule has 0 aliphatic carbocycles. The van der Waals surface area contributed by atoms with Crippen LogP contribution in [0, 0.1) is 11.3 Å². The summed E-state index contributed by atoms with van der Waals surface area (Å²) in [6, 6.07) is 20.7. The van der Waals surface area contributed by atoms with E-state index in [1.54, 1.807) is 24.3 Å². The van der Waals surface area contributed by atoms with E-state index < -0.39 is 24.5 Å². The molecule has 8 heteroatoms. The minimum atomic E-state index is -4.64. The fourth-order valence-electron chi connectivity index (χ4n) is 2.72. The number of nitriles is 1. The number of halogens is 3. The highest BCUT2D eigenvalue weighted by atomic mass is 19.4. The number of hydrogen-bond acceptors (Lipinski definition) is 4. The van der Waals surface area contributed by atoms with Crippen molar-refractivity contribution in [1.29, 1.82) is 5.26 Å². The van der Waals surface area contributed by atoms with Gasteiger partial charge in [-0.25, -0.2) is 0 Å².